The van der Waals surface area contributed by atoms with E-state index < -0.39 is 0 Å². The number of nitrogens with zero attached hydrogens (tertiary/aromatic N) is 1. The summed E-state index contributed by atoms with van der Waals surface area (Å²) in [7, 11) is 1.64. The number of benzene rings is 1. The van der Waals surface area contributed by atoms with Crippen LogP contribution in [0.1, 0.15) is 17.4 Å². The number of ether oxygens (including phenoxy) is 1. The fourth-order valence-electron chi connectivity index (χ4n) is 2.90. The van der Waals surface area contributed by atoms with Gasteiger partial charge in [-0.3, -0.25) is 4.79 Å². The van der Waals surface area contributed by atoms with Crippen LogP contribution in [0.15, 0.2) is 24.3 Å². The smallest absolute Gasteiger partial charge is 0.270 e. The molecule has 0 atom stereocenters. The second kappa shape index (κ2) is 5.77. The van der Waals surface area contributed by atoms with E-state index in [1.807, 2.05) is 29.2 Å². The number of nitrogens with one attached hydrogen (secondary N) is 2. The van der Waals surface area contributed by atoms with Gasteiger partial charge in [0.2, 0.25) is 0 Å². The molecule has 0 radical (unpaired) electrons. The van der Waals surface area contributed by atoms with Crippen LogP contribution in [-0.4, -0.2) is 55.6 Å². The molecule has 3 rings (SSSR count). The number of hydrogen-bond acceptors (Lipinski definition) is 2. The van der Waals surface area contributed by atoms with Gasteiger partial charge in [0, 0.05) is 17.0 Å². The van der Waals surface area contributed by atoms with Crippen molar-refractivity contribution in [1.29, 1.82) is 0 Å². The monoisotopic (exact) mass is 288 g/mol. The van der Waals surface area contributed by atoms with Gasteiger partial charge in [0.05, 0.1) is 39.8 Å². The Morgan fingerprint density at radius 3 is 2.76 bits per heavy atom. The van der Waals surface area contributed by atoms with Crippen molar-refractivity contribution in [1.82, 2.24) is 9.88 Å². The lowest BCUT2D eigenvalue weighted by Gasteiger charge is -2.31. The van der Waals surface area contributed by atoms with Crippen molar-refractivity contribution in [3.8, 4) is 5.75 Å². The highest BCUT2D eigenvalue weighted by molar-refractivity contribution is 5.98. The Hall–Kier alpha value is -2.01. The average Bonchev–Trinajstić information content (AvgIpc) is 2.97. The zero-order chi connectivity index (χ0) is 14.8. The standard InChI is InChI=1S/C16H21N3O2/c1-3-18-6-8-19(9-7-18)16(20)15-10-12-4-5-13(21-2)11-14(12)17-15/h4-5,10-11,17H,3,6-9H2,1-2H3/p+1. The van der Waals surface area contributed by atoms with Crippen LogP contribution in [-0.2, 0) is 0 Å². The summed E-state index contributed by atoms with van der Waals surface area (Å²) in [5.41, 5.74) is 1.61. The number of fused-ring (bicyclic) bond motifs is 1. The summed E-state index contributed by atoms with van der Waals surface area (Å²) >= 11 is 0. The highest BCUT2D eigenvalue weighted by atomic mass is 16.5. The van der Waals surface area contributed by atoms with Crippen LogP contribution >= 0.6 is 0 Å². The number of aromatic amines is 1. The van der Waals surface area contributed by atoms with Gasteiger partial charge in [0.25, 0.3) is 5.91 Å². The molecular weight excluding hydrogens is 266 g/mol. The molecule has 1 fully saturated rings. The molecule has 1 aromatic carbocycles. The molecule has 0 spiro atoms. The summed E-state index contributed by atoms with van der Waals surface area (Å²) in [6.45, 7) is 7.07. The Kier molecular flexibility index (Phi) is 3.84. The van der Waals surface area contributed by atoms with Gasteiger partial charge in [0.15, 0.2) is 0 Å². The molecule has 2 N–H and O–H groups in total. The second-order valence-corrected chi connectivity index (χ2v) is 5.53. The van der Waals surface area contributed by atoms with Gasteiger partial charge in [-0.05, 0) is 25.1 Å². The van der Waals surface area contributed by atoms with Crippen molar-refractivity contribution in [2.45, 2.75) is 6.92 Å². The van der Waals surface area contributed by atoms with Crippen LogP contribution in [0, 0.1) is 0 Å². The first kappa shape index (κ1) is 13.9. The Morgan fingerprint density at radius 2 is 2.10 bits per heavy atom. The minimum atomic E-state index is 0.0975. The van der Waals surface area contributed by atoms with E-state index in [1.54, 1.807) is 12.0 Å². The van der Waals surface area contributed by atoms with Crippen molar-refractivity contribution in [2.75, 3.05) is 39.8 Å². The van der Waals surface area contributed by atoms with Gasteiger partial charge >= 0.3 is 0 Å². The first-order valence-electron chi connectivity index (χ1n) is 7.51. The number of carbonyl (C=O) groups is 1. The summed E-state index contributed by atoms with van der Waals surface area (Å²) < 4.78 is 5.21. The lowest BCUT2D eigenvalue weighted by Crippen LogP contribution is -3.14. The number of aromatic nitrogens is 1. The van der Waals surface area contributed by atoms with Crippen molar-refractivity contribution in [3.63, 3.8) is 0 Å². The Labute approximate surface area is 124 Å². The van der Waals surface area contributed by atoms with E-state index in [4.69, 9.17) is 4.74 Å². The zero-order valence-corrected chi connectivity index (χ0v) is 12.6. The van der Waals surface area contributed by atoms with E-state index in [0.717, 1.165) is 49.4 Å². The number of piperazine rings is 1. The van der Waals surface area contributed by atoms with Gasteiger partial charge < -0.3 is 19.5 Å². The fourth-order valence-corrected chi connectivity index (χ4v) is 2.90. The van der Waals surface area contributed by atoms with Crippen LogP contribution in [0.5, 0.6) is 5.75 Å². The van der Waals surface area contributed by atoms with Gasteiger partial charge in [-0.1, -0.05) is 0 Å². The number of rotatable bonds is 3. The summed E-state index contributed by atoms with van der Waals surface area (Å²) in [5.74, 6) is 0.892. The van der Waals surface area contributed by atoms with Crippen molar-refractivity contribution < 1.29 is 14.4 Å². The molecule has 1 aliphatic heterocycles. The SMILES string of the molecule is CC[NH+]1CCN(C(=O)c2cc3ccc(OC)cc3[nH]2)CC1. The van der Waals surface area contributed by atoms with Crippen molar-refractivity contribution in [2.24, 2.45) is 0 Å². The third-order valence-electron chi connectivity index (χ3n) is 4.32. The Bertz CT molecular complexity index is 642. The Balaban J connectivity index is 1.78. The zero-order valence-electron chi connectivity index (χ0n) is 12.6. The predicted octanol–water partition coefficient (Wildman–Crippen LogP) is 0.537. The molecule has 0 bridgehead atoms. The molecule has 112 valence electrons. The third kappa shape index (κ3) is 2.74. The normalized spacial score (nSPS) is 16.4. The van der Waals surface area contributed by atoms with Gasteiger partial charge in [-0.15, -0.1) is 0 Å². The number of amides is 1. The molecular formula is C16H22N3O2+. The van der Waals surface area contributed by atoms with E-state index in [0.29, 0.717) is 5.69 Å². The van der Waals surface area contributed by atoms with E-state index in [1.165, 1.54) is 0 Å². The summed E-state index contributed by atoms with van der Waals surface area (Å²) in [5, 5.41) is 1.04. The highest BCUT2D eigenvalue weighted by Crippen LogP contribution is 2.21. The summed E-state index contributed by atoms with van der Waals surface area (Å²) in [6.07, 6.45) is 0. The molecule has 21 heavy (non-hydrogen) atoms. The minimum absolute atomic E-state index is 0.0975. The molecule has 2 heterocycles. The number of methoxy groups -OCH3 is 1. The van der Waals surface area contributed by atoms with Crippen LogP contribution in [0.4, 0.5) is 0 Å². The first-order chi connectivity index (χ1) is 10.2. The number of likely N-dealkylation sites (N-methyl/N-ethyl adjacent to an activating group) is 1. The van der Waals surface area contributed by atoms with E-state index >= 15 is 0 Å². The summed E-state index contributed by atoms with van der Waals surface area (Å²) in [6, 6.07) is 7.73. The van der Waals surface area contributed by atoms with E-state index in [9.17, 15) is 4.79 Å². The van der Waals surface area contributed by atoms with Crippen molar-refractivity contribution in [3.05, 3.63) is 30.0 Å². The maximum absolute atomic E-state index is 12.6. The molecule has 1 saturated heterocycles. The second-order valence-electron chi connectivity index (χ2n) is 5.53. The topological polar surface area (TPSA) is 49.8 Å². The largest absolute Gasteiger partial charge is 0.497 e. The number of H-pyrrole nitrogens is 1. The van der Waals surface area contributed by atoms with Crippen LogP contribution in [0.25, 0.3) is 10.9 Å². The molecule has 5 heteroatoms. The van der Waals surface area contributed by atoms with Crippen LogP contribution < -0.4 is 9.64 Å². The summed E-state index contributed by atoms with van der Waals surface area (Å²) in [4.78, 5) is 19.3. The first-order valence-corrected chi connectivity index (χ1v) is 7.51. The number of carbonyl (C=O) groups excluding carboxylic acids is 1. The quantitative estimate of drug-likeness (QED) is 0.866. The molecule has 1 amide bonds. The lowest BCUT2D eigenvalue weighted by atomic mass is 10.2. The fraction of sp³-hybridized carbons (Fsp3) is 0.438. The van der Waals surface area contributed by atoms with Crippen LogP contribution in [0.3, 0.4) is 0 Å². The molecule has 5 nitrogen and oxygen atoms in total. The van der Waals surface area contributed by atoms with Crippen LogP contribution in [0.2, 0.25) is 0 Å². The van der Waals surface area contributed by atoms with Gasteiger partial charge in [0.1, 0.15) is 11.4 Å². The van der Waals surface area contributed by atoms with Gasteiger partial charge in [-0.2, -0.15) is 0 Å². The highest BCUT2D eigenvalue weighted by Gasteiger charge is 2.24. The van der Waals surface area contributed by atoms with Crippen molar-refractivity contribution >= 4 is 16.8 Å². The maximum atomic E-state index is 12.6. The third-order valence-corrected chi connectivity index (χ3v) is 4.32. The van der Waals surface area contributed by atoms with E-state index in [-0.39, 0.29) is 5.91 Å². The average molecular weight is 288 g/mol. The number of quaternary nitrogens is 1. The molecule has 0 saturated carbocycles. The molecule has 2 aromatic rings. The lowest BCUT2D eigenvalue weighted by molar-refractivity contribution is -0.902. The molecule has 0 unspecified atom stereocenters. The van der Waals surface area contributed by atoms with E-state index in [2.05, 4.69) is 11.9 Å². The Morgan fingerprint density at radius 1 is 1.33 bits per heavy atom. The number of hydrogen-bond donors (Lipinski definition) is 2. The minimum Gasteiger partial charge on any atom is -0.497 e. The molecule has 0 aliphatic carbocycles. The predicted molar refractivity (Wildman–Crippen MR) is 82.0 cm³/mol. The molecule has 1 aliphatic rings. The molecule has 1 aromatic heterocycles. The van der Waals surface area contributed by atoms with Gasteiger partial charge in [-0.25, -0.2) is 0 Å². The maximum Gasteiger partial charge on any atom is 0.270 e.